The zero-order chi connectivity index (χ0) is 31.7. The van der Waals surface area contributed by atoms with Crippen LogP contribution in [0.2, 0.25) is 0 Å². The Morgan fingerprint density at radius 2 is 1.42 bits per heavy atom. The summed E-state index contributed by atoms with van der Waals surface area (Å²) in [6.07, 6.45) is 13.4. The van der Waals surface area contributed by atoms with Crippen molar-refractivity contribution in [1.29, 1.82) is 0 Å². The Hall–Kier alpha value is -5.67. The first-order valence-electron chi connectivity index (χ1n) is 17.1. The molecule has 2 unspecified atom stereocenters. The zero-order valence-corrected chi connectivity index (χ0v) is 26.6. The Bertz CT molecular complexity index is 2290. The second kappa shape index (κ2) is 10.7. The van der Waals surface area contributed by atoms with Crippen molar-refractivity contribution in [3.8, 4) is 16.9 Å². The molecule has 0 aromatic heterocycles. The van der Waals surface area contributed by atoms with E-state index in [1.807, 2.05) is 0 Å². The number of nitrogens with zero attached hydrogens (tertiary/aromatic N) is 1. The number of hydrogen-bond acceptors (Lipinski definition) is 3. The molecule has 48 heavy (non-hydrogen) atoms. The van der Waals surface area contributed by atoms with Gasteiger partial charge in [0.2, 0.25) is 0 Å². The number of para-hydroxylation sites is 2. The summed E-state index contributed by atoms with van der Waals surface area (Å²) in [5.41, 5.74) is 15.0. The molecule has 0 fully saturated rings. The predicted molar refractivity (Wildman–Crippen MR) is 195 cm³/mol. The maximum absolute atomic E-state index is 6.59. The van der Waals surface area contributed by atoms with Crippen molar-refractivity contribution in [3.63, 3.8) is 0 Å². The lowest BCUT2D eigenvalue weighted by Crippen LogP contribution is -2.36. The van der Waals surface area contributed by atoms with Gasteiger partial charge in [-0.25, -0.2) is 0 Å². The molecule has 5 aromatic carbocycles. The first-order chi connectivity index (χ1) is 23.8. The van der Waals surface area contributed by atoms with E-state index in [0.29, 0.717) is 0 Å². The van der Waals surface area contributed by atoms with Crippen molar-refractivity contribution < 1.29 is 4.74 Å². The number of benzene rings is 5. The number of nitrogens with one attached hydrogen (secondary N) is 1. The smallest absolute Gasteiger partial charge is 0.133 e. The van der Waals surface area contributed by atoms with E-state index < -0.39 is 0 Å². The lowest BCUT2D eigenvalue weighted by Gasteiger charge is -2.42. The van der Waals surface area contributed by atoms with Crippen molar-refractivity contribution in [2.45, 2.75) is 37.1 Å². The van der Waals surface area contributed by atoms with Crippen molar-refractivity contribution in [2.24, 2.45) is 4.99 Å². The fourth-order valence-electron chi connectivity index (χ4n) is 8.67. The minimum Gasteiger partial charge on any atom is -0.457 e. The van der Waals surface area contributed by atoms with Crippen LogP contribution in [0.25, 0.3) is 16.7 Å². The average molecular weight is 619 g/mol. The second-order valence-corrected chi connectivity index (χ2v) is 13.3. The van der Waals surface area contributed by atoms with Gasteiger partial charge in [0.05, 0.1) is 5.41 Å². The molecule has 2 aliphatic heterocycles. The van der Waals surface area contributed by atoms with Crippen LogP contribution >= 0.6 is 0 Å². The third-order valence-electron chi connectivity index (χ3n) is 10.8. The zero-order valence-electron chi connectivity index (χ0n) is 26.6. The number of amidine groups is 1. The van der Waals surface area contributed by atoms with E-state index >= 15 is 0 Å². The van der Waals surface area contributed by atoms with Crippen molar-refractivity contribution in [2.75, 3.05) is 5.32 Å². The highest BCUT2D eigenvalue weighted by Gasteiger charge is 2.52. The fourth-order valence-corrected chi connectivity index (χ4v) is 8.67. The summed E-state index contributed by atoms with van der Waals surface area (Å²) < 4.78 is 6.59. The summed E-state index contributed by atoms with van der Waals surface area (Å²) in [6.45, 7) is 0. The molecule has 3 nitrogen and oxygen atoms in total. The van der Waals surface area contributed by atoms with E-state index in [4.69, 9.17) is 9.73 Å². The van der Waals surface area contributed by atoms with Gasteiger partial charge in [0, 0.05) is 22.4 Å². The van der Waals surface area contributed by atoms with Gasteiger partial charge in [0.15, 0.2) is 0 Å². The maximum atomic E-state index is 6.59. The molecule has 10 rings (SSSR count). The molecule has 2 heterocycles. The number of ether oxygens (including phenoxy) is 1. The third-order valence-corrected chi connectivity index (χ3v) is 10.8. The van der Waals surface area contributed by atoms with Crippen LogP contribution in [0.4, 0.5) is 5.69 Å². The van der Waals surface area contributed by atoms with Gasteiger partial charge in [-0.1, -0.05) is 121 Å². The standard InChI is InChI=1S/C45H34N2O/c1-2-12-30(13-3-1)43-35-15-5-9-19-40(35)46-44(47-43)31-24-22-29(23-25-31)32-26-27-34-33-14-4-6-16-36(33)45(39(34)28-32)37-17-7-10-20-41(37)48-42-21-11-8-18-38(42)45/h1-3,5-7,9-13,15-17,19-28,43H,4,8,14,18H2,(H,46,47). The van der Waals surface area contributed by atoms with Gasteiger partial charge in [0.25, 0.3) is 0 Å². The highest BCUT2D eigenvalue weighted by atomic mass is 16.5. The lowest BCUT2D eigenvalue weighted by molar-refractivity contribution is 0.388. The average Bonchev–Trinajstić information content (AvgIpc) is 3.45. The van der Waals surface area contributed by atoms with Crippen LogP contribution in [-0.2, 0) is 5.41 Å². The molecule has 0 amide bonds. The van der Waals surface area contributed by atoms with Gasteiger partial charge in [-0.3, -0.25) is 4.99 Å². The van der Waals surface area contributed by atoms with Crippen LogP contribution in [0.15, 0.2) is 168 Å². The maximum Gasteiger partial charge on any atom is 0.133 e. The van der Waals surface area contributed by atoms with E-state index in [1.165, 1.54) is 55.7 Å². The van der Waals surface area contributed by atoms with Crippen LogP contribution in [0.5, 0.6) is 5.75 Å². The monoisotopic (exact) mass is 618 g/mol. The molecule has 3 heteroatoms. The molecule has 0 bridgehead atoms. The number of fused-ring (bicyclic) bond motifs is 8. The number of anilines is 1. The number of hydrogen-bond donors (Lipinski definition) is 1. The lowest BCUT2D eigenvalue weighted by atomic mass is 9.62. The molecule has 2 atom stereocenters. The SMILES string of the molecule is C1=CC2=C(CC1)c1ccc(-c3ccc(C4=NC(c5ccccc5)c5ccccc5N4)cc3)cc1C21C2=C(C=CCC2)Oc2ccccc21. The molecule has 230 valence electrons. The molecular formula is C45H34N2O. The Morgan fingerprint density at radius 1 is 0.667 bits per heavy atom. The Labute approximate surface area is 281 Å². The van der Waals surface area contributed by atoms with Gasteiger partial charge in [0.1, 0.15) is 23.4 Å². The van der Waals surface area contributed by atoms with E-state index in [0.717, 1.165) is 54.3 Å². The second-order valence-electron chi connectivity index (χ2n) is 13.3. The Balaban J connectivity index is 1.08. The minimum absolute atomic E-state index is 0.0463. The first-order valence-corrected chi connectivity index (χ1v) is 17.1. The van der Waals surface area contributed by atoms with Crippen molar-refractivity contribution in [1.82, 2.24) is 0 Å². The molecule has 5 aromatic rings. The summed E-state index contributed by atoms with van der Waals surface area (Å²) in [5, 5.41) is 3.62. The van der Waals surface area contributed by atoms with E-state index in [9.17, 15) is 0 Å². The summed E-state index contributed by atoms with van der Waals surface area (Å²) >= 11 is 0. The summed E-state index contributed by atoms with van der Waals surface area (Å²) in [4.78, 5) is 5.24. The molecule has 0 radical (unpaired) electrons. The van der Waals surface area contributed by atoms with Gasteiger partial charge in [-0.15, -0.1) is 0 Å². The third kappa shape index (κ3) is 3.97. The summed E-state index contributed by atoms with van der Waals surface area (Å²) in [6, 6.07) is 43.8. The van der Waals surface area contributed by atoms with Crippen LogP contribution in [-0.4, -0.2) is 5.84 Å². The van der Waals surface area contributed by atoms with Gasteiger partial charge in [-0.2, -0.15) is 0 Å². The minimum atomic E-state index is -0.340. The van der Waals surface area contributed by atoms with Crippen LogP contribution in [0, 0.1) is 0 Å². The van der Waals surface area contributed by atoms with Gasteiger partial charge < -0.3 is 10.1 Å². The molecule has 0 saturated heterocycles. The highest BCUT2D eigenvalue weighted by molar-refractivity contribution is 6.10. The molecule has 3 aliphatic carbocycles. The Morgan fingerprint density at radius 3 is 2.33 bits per heavy atom. The quantitative estimate of drug-likeness (QED) is 0.218. The van der Waals surface area contributed by atoms with Crippen LogP contribution < -0.4 is 10.1 Å². The largest absolute Gasteiger partial charge is 0.457 e. The molecule has 0 saturated carbocycles. The molecule has 1 N–H and O–H groups in total. The number of rotatable bonds is 3. The summed E-state index contributed by atoms with van der Waals surface area (Å²) in [7, 11) is 0. The van der Waals surface area contributed by atoms with E-state index in [2.05, 4.69) is 151 Å². The number of allylic oxidation sites excluding steroid dienone is 7. The number of aliphatic imine (C=N–C) groups is 1. The van der Waals surface area contributed by atoms with Crippen LogP contribution in [0.3, 0.4) is 0 Å². The normalized spacial score (nSPS) is 21.4. The van der Waals surface area contributed by atoms with Crippen molar-refractivity contribution in [3.05, 3.63) is 196 Å². The predicted octanol–water partition coefficient (Wildman–Crippen LogP) is 10.7. The fraction of sp³-hybridized carbons (Fsp3) is 0.133. The van der Waals surface area contributed by atoms with Crippen molar-refractivity contribution >= 4 is 17.1 Å². The van der Waals surface area contributed by atoms with Gasteiger partial charge >= 0.3 is 0 Å². The molecule has 5 aliphatic rings. The molecule has 1 spiro atoms. The van der Waals surface area contributed by atoms with E-state index in [1.54, 1.807) is 0 Å². The summed E-state index contributed by atoms with van der Waals surface area (Å²) in [5.74, 6) is 2.88. The van der Waals surface area contributed by atoms with Gasteiger partial charge in [-0.05, 0) is 94.5 Å². The molecular weight excluding hydrogens is 585 g/mol. The van der Waals surface area contributed by atoms with Crippen LogP contribution in [0.1, 0.15) is 65.1 Å². The first kappa shape index (κ1) is 27.4. The highest BCUT2D eigenvalue weighted by Crippen LogP contribution is 2.62. The van der Waals surface area contributed by atoms with E-state index in [-0.39, 0.29) is 11.5 Å². The Kier molecular flexibility index (Phi) is 6.11. The topological polar surface area (TPSA) is 33.6 Å².